The summed E-state index contributed by atoms with van der Waals surface area (Å²) in [6.07, 6.45) is 1.57. The molecule has 0 spiro atoms. The van der Waals surface area contributed by atoms with E-state index < -0.39 is 0 Å². The Morgan fingerprint density at radius 2 is 2.11 bits per heavy atom. The summed E-state index contributed by atoms with van der Waals surface area (Å²) in [5, 5.41) is 6.65. The van der Waals surface area contributed by atoms with Crippen molar-refractivity contribution in [2.75, 3.05) is 17.7 Å². The molecule has 2 aromatic heterocycles. The minimum absolute atomic E-state index is 0.0505. The average Bonchev–Trinajstić information content (AvgIpc) is 2.71. The van der Waals surface area contributed by atoms with Crippen LogP contribution in [0.4, 0.5) is 11.8 Å². The van der Waals surface area contributed by atoms with E-state index in [9.17, 15) is 0 Å². The lowest BCUT2D eigenvalue weighted by Gasteiger charge is -2.15. The van der Waals surface area contributed by atoms with Crippen molar-refractivity contribution in [1.82, 2.24) is 9.97 Å². The molecule has 2 N–H and O–H groups in total. The second-order valence-corrected chi connectivity index (χ2v) is 4.78. The van der Waals surface area contributed by atoms with Gasteiger partial charge in [-0.1, -0.05) is 11.6 Å². The molecule has 6 heteroatoms. The van der Waals surface area contributed by atoms with Crippen LogP contribution < -0.4 is 10.6 Å². The predicted molar refractivity (Wildman–Crippen MR) is 76.8 cm³/mol. The van der Waals surface area contributed by atoms with Crippen LogP contribution in [0.2, 0.25) is 5.02 Å². The molecule has 102 valence electrons. The fourth-order valence-corrected chi connectivity index (χ4v) is 2.10. The lowest BCUT2D eigenvalue weighted by Crippen LogP contribution is -2.10. The van der Waals surface area contributed by atoms with Crippen molar-refractivity contribution in [2.45, 2.75) is 26.8 Å². The molecule has 0 aliphatic carbocycles. The van der Waals surface area contributed by atoms with Gasteiger partial charge in [0.1, 0.15) is 16.5 Å². The summed E-state index contributed by atoms with van der Waals surface area (Å²) in [6.45, 7) is 5.91. The fraction of sp³-hybridized carbons (Fsp3) is 0.385. The highest BCUT2D eigenvalue weighted by atomic mass is 35.5. The molecule has 0 saturated carbocycles. The Hall–Kier alpha value is -1.75. The van der Waals surface area contributed by atoms with Crippen LogP contribution in [0.1, 0.15) is 30.0 Å². The molecular formula is C13H17ClN4O. The Morgan fingerprint density at radius 3 is 2.68 bits per heavy atom. The predicted octanol–water partition coefficient (Wildman–Crippen LogP) is 3.55. The molecule has 0 fully saturated rings. The van der Waals surface area contributed by atoms with E-state index in [1.54, 1.807) is 13.2 Å². The van der Waals surface area contributed by atoms with Crippen molar-refractivity contribution >= 4 is 23.4 Å². The van der Waals surface area contributed by atoms with Gasteiger partial charge in [0.15, 0.2) is 5.82 Å². The molecule has 1 unspecified atom stereocenters. The Kier molecular flexibility index (Phi) is 3.95. The Labute approximate surface area is 117 Å². The van der Waals surface area contributed by atoms with Gasteiger partial charge >= 0.3 is 0 Å². The maximum atomic E-state index is 6.09. The van der Waals surface area contributed by atoms with Gasteiger partial charge in [-0.05, 0) is 26.8 Å². The van der Waals surface area contributed by atoms with Gasteiger partial charge in [0.2, 0.25) is 5.95 Å². The minimum atomic E-state index is 0.0505. The van der Waals surface area contributed by atoms with Crippen molar-refractivity contribution in [3.8, 4) is 0 Å². The normalized spacial score (nSPS) is 12.3. The topological polar surface area (TPSA) is 63.0 Å². The Morgan fingerprint density at radius 1 is 1.37 bits per heavy atom. The number of furan rings is 1. The van der Waals surface area contributed by atoms with E-state index in [2.05, 4.69) is 20.6 Å². The summed E-state index contributed by atoms with van der Waals surface area (Å²) < 4.78 is 5.53. The van der Waals surface area contributed by atoms with Crippen molar-refractivity contribution in [3.05, 3.63) is 34.4 Å². The van der Waals surface area contributed by atoms with E-state index in [4.69, 9.17) is 16.0 Å². The van der Waals surface area contributed by atoms with Crippen LogP contribution >= 0.6 is 11.6 Å². The van der Waals surface area contributed by atoms with Crippen LogP contribution in [0.5, 0.6) is 0 Å². The van der Waals surface area contributed by atoms with Crippen molar-refractivity contribution < 1.29 is 4.42 Å². The van der Waals surface area contributed by atoms with E-state index in [0.717, 1.165) is 17.1 Å². The molecule has 0 aliphatic heterocycles. The zero-order valence-electron chi connectivity index (χ0n) is 11.4. The molecule has 0 bridgehead atoms. The Bertz CT molecular complexity index is 582. The van der Waals surface area contributed by atoms with Crippen molar-refractivity contribution in [3.63, 3.8) is 0 Å². The average molecular weight is 281 g/mol. The Balaban J connectivity index is 2.23. The number of hydrogen-bond acceptors (Lipinski definition) is 5. The maximum absolute atomic E-state index is 6.09. The molecule has 0 aromatic carbocycles. The summed E-state index contributed by atoms with van der Waals surface area (Å²) in [5.41, 5.74) is 1.10. The molecule has 0 amide bonds. The monoisotopic (exact) mass is 280 g/mol. The summed E-state index contributed by atoms with van der Waals surface area (Å²) in [5.74, 6) is 2.92. The summed E-state index contributed by atoms with van der Waals surface area (Å²) in [6, 6.07) is 2.07. The number of anilines is 2. The first kappa shape index (κ1) is 13.7. The molecule has 19 heavy (non-hydrogen) atoms. The van der Waals surface area contributed by atoms with E-state index >= 15 is 0 Å². The molecule has 2 rings (SSSR count). The first-order chi connectivity index (χ1) is 9.01. The summed E-state index contributed by atoms with van der Waals surface area (Å²) in [7, 11) is 1.76. The number of hydrogen-bond donors (Lipinski definition) is 2. The van der Waals surface area contributed by atoms with Gasteiger partial charge in [0, 0.05) is 12.6 Å². The van der Waals surface area contributed by atoms with E-state index in [1.165, 1.54) is 0 Å². The van der Waals surface area contributed by atoms with Crippen LogP contribution in [0.15, 0.2) is 16.7 Å². The minimum Gasteiger partial charge on any atom is -0.466 e. The molecule has 0 aliphatic rings. The summed E-state index contributed by atoms with van der Waals surface area (Å²) >= 11 is 6.09. The standard InChI is InChI=1S/C13H17ClN4O/c1-7-5-10(9(3)19-7)8(2)17-12-11(14)6-16-13(15-4)18-12/h5-6,8H,1-4H3,(H2,15,16,17,18). The smallest absolute Gasteiger partial charge is 0.224 e. The van der Waals surface area contributed by atoms with Gasteiger partial charge < -0.3 is 15.1 Å². The maximum Gasteiger partial charge on any atom is 0.224 e. The highest BCUT2D eigenvalue weighted by Gasteiger charge is 2.15. The highest BCUT2D eigenvalue weighted by molar-refractivity contribution is 6.32. The first-order valence-electron chi connectivity index (χ1n) is 6.05. The van der Waals surface area contributed by atoms with Crippen molar-refractivity contribution in [1.29, 1.82) is 0 Å². The third-order valence-corrected chi connectivity index (χ3v) is 3.14. The zero-order valence-corrected chi connectivity index (χ0v) is 12.2. The third-order valence-electron chi connectivity index (χ3n) is 2.87. The van der Waals surface area contributed by atoms with Crippen LogP contribution in [-0.2, 0) is 0 Å². The lowest BCUT2D eigenvalue weighted by atomic mass is 10.1. The number of nitrogens with one attached hydrogen (secondary N) is 2. The fourth-order valence-electron chi connectivity index (χ4n) is 1.95. The van der Waals surface area contributed by atoms with Gasteiger partial charge in [0.05, 0.1) is 12.2 Å². The van der Waals surface area contributed by atoms with Gasteiger partial charge in [-0.25, -0.2) is 4.98 Å². The van der Waals surface area contributed by atoms with Gasteiger partial charge in [0.25, 0.3) is 0 Å². The number of halogens is 1. The molecular weight excluding hydrogens is 264 g/mol. The number of aryl methyl sites for hydroxylation is 2. The van der Waals surface area contributed by atoms with Crippen LogP contribution in [-0.4, -0.2) is 17.0 Å². The molecule has 2 aromatic rings. The second kappa shape index (κ2) is 5.48. The van der Waals surface area contributed by atoms with Crippen LogP contribution in [0.3, 0.4) is 0 Å². The van der Waals surface area contributed by atoms with Gasteiger partial charge in [-0.2, -0.15) is 4.98 Å². The van der Waals surface area contributed by atoms with Gasteiger partial charge in [-0.15, -0.1) is 0 Å². The molecule has 5 nitrogen and oxygen atoms in total. The number of aromatic nitrogens is 2. The van der Waals surface area contributed by atoms with Crippen molar-refractivity contribution in [2.24, 2.45) is 0 Å². The molecule has 1 atom stereocenters. The molecule has 0 radical (unpaired) electrons. The lowest BCUT2D eigenvalue weighted by molar-refractivity contribution is 0.500. The van der Waals surface area contributed by atoms with E-state index in [0.29, 0.717) is 16.8 Å². The van der Waals surface area contributed by atoms with Crippen LogP contribution in [0.25, 0.3) is 0 Å². The molecule has 0 saturated heterocycles. The third kappa shape index (κ3) is 2.98. The zero-order chi connectivity index (χ0) is 14.0. The molecule has 2 heterocycles. The quantitative estimate of drug-likeness (QED) is 0.897. The van der Waals surface area contributed by atoms with Crippen LogP contribution in [0, 0.1) is 13.8 Å². The number of nitrogens with zero attached hydrogens (tertiary/aromatic N) is 2. The largest absolute Gasteiger partial charge is 0.466 e. The SMILES string of the molecule is CNc1ncc(Cl)c(NC(C)c2cc(C)oc2C)n1. The second-order valence-electron chi connectivity index (χ2n) is 4.37. The highest BCUT2D eigenvalue weighted by Crippen LogP contribution is 2.27. The summed E-state index contributed by atoms with van der Waals surface area (Å²) in [4.78, 5) is 8.34. The van der Waals surface area contributed by atoms with E-state index in [-0.39, 0.29) is 6.04 Å². The number of rotatable bonds is 4. The van der Waals surface area contributed by atoms with Gasteiger partial charge in [-0.3, -0.25) is 0 Å². The van der Waals surface area contributed by atoms with E-state index in [1.807, 2.05) is 26.8 Å². The first-order valence-corrected chi connectivity index (χ1v) is 6.42.